The molecule has 1 atom stereocenters. The standard InChI is InChI=1S/C22H28N4O5.C2H6/c1-15-2-3-16(25-9-6-22(7-10-25)13-23-8-11-31-22)12-17(15)21(30)26(14-27)18-4-5-19(28)24-20(18)29;1-2/h2-3,12,14,18,23H,4-11,13H2,1H3,(H,24,28,29);1-2H3. The van der Waals surface area contributed by atoms with E-state index in [4.69, 9.17) is 4.74 Å². The van der Waals surface area contributed by atoms with Gasteiger partial charge in [0.1, 0.15) is 6.04 Å². The number of carbonyl (C=O) groups excluding carboxylic acids is 4. The molecule has 9 heteroatoms. The van der Waals surface area contributed by atoms with Crippen molar-refractivity contribution in [2.75, 3.05) is 37.7 Å². The van der Waals surface area contributed by atoms with E-state index >= 15 is 0 Å². The summed E-state index contributed by atoms with van der Waals surface area (Å²) in [6.07, 6.45) is 2.41. The van der Waals surface area contributed by atoms with E-state index in [1.165, 1.54) is 0 Å². The minimum Gasteiger partial charge on any atom is -0.372 e. The van der Waals surface area contributed by atoms with Gasteiger partial charge < -0.3 is 15.0 Å². The Morgan fingerprint density at radius 3 is 2.58 bits per heavy atom. The molecular weight excluding hydrogens is 424 g/mol. The molecule has 2 N–H and O–H groups in total. The van der Waals surface area contributed by atoms with Gasteiger partial charge in [-0.15, -0.1) is 0 Å². The highest BCUT2D eigenvalue weighted by Gasteiger charge is 2.38. The third kappa shape index (κ3) is 5.42. The first-order chi connectivity index (χ1) is 15.9. The fraction of sp³-hybridized carbons (Fsp3) is 0.583. The number of hydrogen-bond donors (Lipinski definition) is 2. The second kappa shape index (κ2) is 10.9. The van der Waals surface area contributed by atoms with Crippen molar-refractivity contribution in [2.45, 2.75) is 58.1 Å². The normalized spacial score (nSPS) is 22.2. The van der Waals surface area contributed by atoms with Gasteiger partial charge in [-0.25, -0.2) is 0 Å². The summed E-state index contributed by atoms with van der Waals surface area (Å²) in [5, 5.41) is 5.61. The van der Waals surface area contributed by atoms with E-state index in [9.17, 15) is 19.2 Å². The summed E-state index contributed by atoms with van der Waals surface area (Å²) in [5.74, 6) is -1.54. The van der Waals surface area contributed by atoms with Gasteiger partial charge in [-0.05, 0) is 43.9 Å². The summed E-state index contributed by atoms with van der Waals surface area (Å²) < 4.78 is 6.05. The van der Waals surface area contributed by atoms with Gasteiger partial charge in [0.25, 0.3) is 5.91 Å². The SMILES string of the molecule is CC.Cc1ccc(N2CCC3(CC2)CNCCO3)cc1C(=O)N(C=O)C1CCC(=O)NC1=O. The van der Waals surface area contributed by atoms with Crippen LogP contribution in [0.3, 0.4) is 0 Å². The highest BCUT2D eigenvalue weighted by molar-refractivity contribution is 6.07. The summed E-state index contributed by atoms with van der Waals surface area (Å²) in [5.41, 5.74) is 1.89. The van der Waals surface area contributed by atoms with Crippen LogP contribution in [0, 0.1) is 6.92 Å². The van der Waals surface area contributed by atoms with E-state index in [1.54, 1.807) is 13.0 Å². The van der Waals surface area contributed by atoms with Crippen molar-refractivity contribution in [1.29, 1.82) is 0 Å². The highest BCUT2D eigenvalue weighted by Crippen LogP contribution is 2.31. The van der Waals surface area contributed by atoms with E-state index in [0.29, 0.717) is 12.0 Å². The maximum absolute atomic E-state index is 13.2. The number of nitrogens with one attached hydrogen (secondary N) is 2. The first-order valence-electron chi connectivity index (χ1n) is 11.7. The van der Waals surface area contributed by atoms with E-state index < -0.39 is 23.8 Å². The number of amides is 4. The Hall–Kier alpha value is -2.78. The predicted molar refractivity (Wildman–Crippen MR) is 124 cm³/mol. The molecule has 0 aromatic heterocycles. The minimum atomic E-state index is -0.975. The summed E-state index contributed by atoms with van der Waals surface area (Å²) in [6, 6.07) is 4.65. The Morgan fingerprint density at radius 1 is 1.24 bits per heavy atom. The Labute approximate surface area is 194 Å². The smallest absolute Gasteiger partial charge is 0.261 e. The Kier molecular flexibility index (Phi) is 8.20. The molecular formula is C24H34N4O5. The number of morpholine rings is 1. The molecule has 3 aliphatic rings. The van der Waals surface area contributed by atoms with Crippen LogP contribution in [-0.4, -0.2) is 73.5 Å². The molecule has 1 aromatic rings. The lowest BCUT2D eigenvalue weighted by atomic mass is 9.89. The lowest BCUT2D eigenvalue weighted by molar-refractivity contribution is -0.139. The minimum absolute atomic E-state index is 0.0967. The maximum atomic E-state index is 13.2. The average molecular weight is 459 g/mol. The molecule has 1 spiro atoms. The zero-order valence-corrected chi connectivity index (χ0v) is 19.7. The number of hydrogen-bond acceptors (Lipinski definition) is 7. The molecule has 1 aromatic carbocycles. The van der Waals surface area contributed by atoms with E-state index in [-0.39, 0.29) is 18.4 Å². The van der Waals surface area contributed by atoms with Crippen molar-refractivity contribution in [3.63, 3.8) is 0 Å². The Morgan fingerprint density at radius 2 is 1.97 bits per heavy atom. The van der Waals surface area contributed by atoms with Crippen molar-refractivity contribution in [3.05, 3.63) is 29.3 Å². The van der Waals surface area contributed by atoms with Gasteiger partial charge >= 0.3 is 0 Å². The topological polar surface area (TPSA) is 108 Å². The molecule has 0 aliphatic carbocycles. The number of carbonyl (C=O) groups is 4. The highest BCUT2D eigenvalue weighted by atomic mass is 16.5. The summed E-state index contributed by atoms with van der Waals surface area (Å²) in [4.78, 5) is 51.6. The average Bonchev–Trinajstić information content (AvgIpc) is 2.83. The van der Waals surface area contributed by atoms with Crippen LogP contribution in [0.25, 0.3) is 0 Å². The predicted octanol–water partition coefficient (Wildman–Crippen LogP) is 1.38. The van der Waals surface area contributed by atoms with Crippen LogP contribution in [0.15, 0.2) is 18.2 Å². The van der Waals surface area contributed by atoms with Crippen molar-refractivity contribution in [3.8, 4) is 0 Å². The number of nitrogens with zero attached hydrogens (tertiary/aromatic N) is 2. The van der Waals surface area contributed by atoms with E-state index in [1.807, 2.05) is 26.0 Å². The summed E-state index contributed by atoms with van der Waals surface area (Å²) in [6.45, 7) is 9.89. The zero-order chi connectivity index (χ0) is 24.0. The van der Waals surface area contributed by atoms with Crippen LogP contribution in [0.1, 0.15) is 55.5 Å². The van der Waals surface area contributed by atoms with Crippen molar-refractivity contribution in [1.82, 2.24) is 15.5 Å². The largest absolute Gasteiger partial charge is 0.372 e. The van der Waals surface area contributed by atoms with Crippen LogP contribution in [0.2, 0.25) is 0 Å². The fourth-order valence-electron chi connectivity index (χ4n) is 4.59. The third-order valence-corrected chi connectivity index (χ3v) is 6.52. The van der Waals surface area contributed by atoms with Gasteiger partial charge in [0.2, 0.25) is 18.2 Å². The molecule has 3 saturated heterocycles. The summed E-state index contributed by atoms with van der Waals surface area (Å²) in [7, 11) is 0. The first kappa shape index (κ1) is 24.9. The van der Waals surface area contributed by atoms with Crippen LogP contribution < -0.4 is 15.5 Å². The van der Waals surface area contributed by atoms with E-state index in [2.05, 4.69) is 15.5 Å². The molecule has 0 radical (unpaired) electrons. The van der Waals surface area contributed by atoms with Crippen LogP contribution in [0.5, 0.6) is 0 Å². The van der Waals surface area contributed by atoms with Gasteiger partial charge in [-0.3, -0.25) is 29.4 Å². The number of anilines is 1. The van der Waals surface area contributed by atoms with Gasteiger partial charge in [0.15, 0.2) is 0 Å². The molecule has 4 amide bonds. The number of ether oxygens (including phenoxy) is 1. The number of piperidine rings is 2. The van der Waals surface area contributed by atoms with Crippen molar-refractivity contribution in [2.24, 2.45) is 0 Å². The molecule has 3 heterocycles. The Balaban J connectivity index is 0.00000149. The zero-order valence-electron chi connectivity index (χ0n) is 19.7. The molecule has 180 valence electrons. The van der Waals surface area contributed by atoms with Crippen molar-refractivity contribution >= 4 is 29.8 Å². The quantitative estimate of drug-likeness (QED) is 0.518. The van der Waals surface area contributed by atoms with Crippen molar-refractivity contribution < 1.29 is 23.9 Å². The lowest BCUT2D eigenvalue weighted by Crippen LogP contribution is -2.55. The Bertz CT molecular complexity index is 887. The molecule has 9 nitrogen and oxygen atoms in total. The second-order valence-electron chi connectivity index (χ2n) is 8.48. The number of aryl methyl sites for hydroxylation is 1. The maximum Gasteiger partial charge on any atom is 0.261 e. The van der Waals surface area contributed by atoms with Gasteiger partial charge in [0.05, 0.1) is 12.2 Å². The molecule has 0 saturated carbocycles. The van der Waals surface area contributed by atoms with Gasteiger partial charge in [-0.1, -0.05) is 19.9 Å². The number of rotatable bonds is 4. The monoisotopic (exact) mass is 458 g/mol. The number of imide groups is 2. The second-order valence-corrected chi connectivity index (χ2v) is 8.48. The molecule has 33 heavy (non-hydrogen) atoms. The van der Waals surface area contributed by atoms with E-state index in [0.717, 1.165) is 61.8 Å². The van der Waals surface area contributed by atoms with Crippen LogP contribution in [0.4, 0.5) is 5.69 Å². The molecule has 0 bridgehead atoms. The van der Waals surface area contributed by atoms with Gasteiger partial charge in [-0.2, -0.15) is 0 Å². The summed E-state index contributed by atoms with van der Waals surface area (Å²) >= 11 is 0. The molecule has 3 aliphatic heterocycles. The van der Waals surface area contributed by atoms with Crippen LogP contribution in [-0.2, 0) is 19.1 Å². The first-order valence-corrected chi connectivity index (χ1v) is 11.7. The lowest BCUT2D eigenvalue weighted by Gasteiger charge is -2.44. The molecule has 1 unspecified atom stereocenters. The third-order valence-electron chi connectivity index (χ3n) is 6.52. The molecule has 3 fully saturated rings. The molecule has 4 rings (SSSR count). The van der Waals surface area contributed by atoms with Gasteiger partial charge in [0, 0.05) is 43.9 Å². The number of benzene rings is 1. The van der Waals surface area contributed by atoms with Crippen LogP contribution >= 0.6 is 0 Å². The fourth-order valence-corrected chi connectivity index (χ4v) is 4.59.